The van der Waals surface area contributed by atoms with Gasteiger partial charge in [-0.25, -0.2) is 4.79 Å². The number of hydrogen-bond donors (Lipinski definition) is 2. The summed E-state index contributed by atoms with van der Waals surface area (Å²) < 4.78 is 70.0. The third-order valence-corrected chi connectivity index (χ3v) is 5.13. The van der Waals surface area contributed by atoms with Gasteiger partial charge in [-0.15, -0.1) is 0 Å². The van der Waals surface area contributed by atoms with E-state index in [1.807, 2.05) is 48.5 Å². The van der Waals surface area contributed by atoms with Crippen molar-refractivity contribution in [1.29, 1.82) is 0 Å². The molecule has 2 N–H and O–H groups in total. The van der Waals surface area contributed by atoms with Gasteiger partial charge in [0, 0.05) is 6.42 Å². The van der Waals surface area contributed by atoms with Crippen LogP contribution in [0.5, 0.6) is 0 Å². The molecule has 0 saturated carbocycles. The molecule has 0 fully saturated rings. The Labute approximate surface area is 196 Å². The van der Waals surface area contributed by atoms with Gasteiger partial charge in [0.05, 0.1) is 11.6 Å². The monoisotopic (exact) mass is 494 g/mol. The van der Waals surface area contributed by atoms with Gasteiger partial charge in [0.2, 0.25) is 0 Å². The summed E-state index contributed by atoms with van der Waals surface area (Å²) in [5, 5.41) is 10.6. The van der Waals surface area contributed by atoms with E-state index in [9.17, 15) is 26.3 Å². The quantitative estimate of drug-likeness (QED) is 0.415. The maximum atomic E-state index is 12.8. The molecule has 4 rings (SSSR count). The average molecular weight is 494 g/mol. The lowest BCUT2D eigenvalue weighted by molar-refractivity contribution is -0.192. The van der Waals surface area contributed by atoms with Crippen LogP contribution in [-0.2, 0) is 17.4 Å². The summed E-state index contributed by atoms with van der Waals surface area (Å²) in [6.45, 7) is 0. The van der Waals surface area contributed by atoms with Gasteiger partial charge in [-0.1, -0.05) is 72.8 Å². The topological polar surface area (TPSA) is 61.7 Å². The summed E-state index contributed by atoms with van der Waals surface area (Å²) >= 11 is 0. The summed E-state index contributed by atoms with van der Waals surface area (Å²) in [5.74, 6) is -1.98. The molecule has 4 nitrogen and oxygen atoms in total. The minimum Gasteiger partial charge on any atom is -0.475 e. The molecular formula is C25H20F6N2O2. The molecule has 35 heavy (non-hydrogen) atoms. The molecule has 3 aromatic carbocycles. The number of nitrogens with one attached hydrogen (secondary N) is 1. The Morgan fingerprint density at radius 1 is 0.800 bits per heavy atom. The first-order valence-electron chi connectivity index (χ1n) is 10.3. The second-order valence-electron chi connectivity index (χ2n) is 7.64. The van der Waals surface area contributed by atoms with Gasteiger partial charge in [-0.3, -0.25) is 4.99 Å². The standard InChI is InChI=1S/C23H19F3N2.C2HF3O2/c24-23(25,26)19-13-11-16(12-14-19)15-20-27-21(17-7-3-1-4-8-17)22(28-20)18-9-5-2-6-10-18;3-2(4,5)1(6)7/h1-14,21-22H,15H2,(H,27,28);(H,6,7)/t21-,22+;. The number of amidine groups is 1. The fourth-order valence-corrected chi connectivity index (χ4v) is 3.48. The minimum absolute atomic E-state index is 0.00644. The molecule has 184 valence electrons. The molecule has 0 saturated heterocycles. The van der Waals surface area contributed by atoms with E-state index in [0.717, 1.165) is 34.7 Å². The van der Waals surface area contributed by atoms with Crippen molar-refractivity contribution in [3.8, 4) is 0 Å². The molecule has 0 radical (unpaired) electrons. The molecule has 1 aliphatic heterocycles. The van der Waals surface area contributed by atoms with E-state index in [1.165, 1.54) is 12.1 Å². The van der Waals surface area contributed by atoms with Crippen LogP contribution in [0.4, 0.5) is 26.3 Å². The van der Waals surface area contributed by atoms with Gasteiger partial charge in [0.1, 0.15) is 11.9 Å². The summed E-state index contributed by atoms with van der Waals surface area (Å²) in [6, 6.07) is 25.3. The number of carbonyl (C=O) groups is 1. The number of benzene rings is 3. The Morgan fingerprint density at radius 2 is 1.29 bits per heavy atom. The van der Waals surface area contributed by atoms with Crippen LogP contribution in [0.2, 0.25) is 0 Å². The number of carboxylic acids is 1. The fraction of sp³-hybridized carbons (Fsp3) is 0.200. The maximum absolute atomic E-state index is 12.8. The van der Waals surface area contributed by atoms with Crippen molar-refractivity contribution in [2.24, 2.45) is 4.99 Å². The Morgan fingerprint density at radius 3 is 1.74 bits per heavy atom. The van der Waals surface area contributed by atoms with Gasteiger partial charge >= 0.3 is 18.3 Å². The Bertz CT molecular complexity index is 1140. The Hall–Kier alpha value is -3.82. The lowest BCUT2D eigenvalue weighted by Crippen LogP contribution is -2.25. The highest BCUT2D eigenvalue weighted by molar-refractivity contribution is 5.87. The van der Waals surface area contributed by atoms with Crippen LogP contribution in [0.25, 0.3) is 0 Å². The van der Waals surface area contributed by atoms with E-state index in [2.05, 4.69) is 17.4 Å². The zero-order chi connectivity index (χ0) is 25.6. The molecular weight excluding hydrogens is 474 g/mol. The first-order valence-corrected chi connectivity index (χ1v) is 10.3. The van der Waals surface area contributed by atoms with Crippen LogP contribution in [0.1, 0.15) is 34.3 Å². The highest BCUT2D eigenvalue weighted by atomic mass is 19.4. The molecule has 3 aromatic rings. The molecule has 0 amide bonds. The van der Waals surface area contributed by atoms with Crippen molar-refractivity contribution in [2.75, 3.05) is 0 Å². The van der Waals surface area contributed by atoms with Gasteiger partial charge in [-0.05, 0) is 28.8 Å². The number of carboxylic acid groups (broad SMARTS) is 1. The van der Waals surface area contributed by atoms with E-state index in [-0.39, 0.29) is 12.1 Å². The number of hydrogen-bond acceptors (Lipinski definition) is 3. The molecule has 0 unspecified atom stereocenters. The Balaban J connectivity index is 0.000000429. The minimum atomic E-state index is -5.08. The van der Waals surface area contributed by atoms with Crippen LogP contribution in [0, 0.1) is 0 Å². The normalized spacial score (nSPS) is 17.6. The van der Waals surface area contributed by atoms with Crippen LogP contribution in [-0.4, -0.2) is 23.1 Å². The highest BCUT2D eigenvalue weighted by Crippen LogP contribution is 2.36. The molecule has 0 aromatic heterocycles. The van der Waals surface area contributed by atoms with E-state index in [4.69, 9.17) is 14.9 Å². The van der Waals surface area contributed by atoms with Crippen LogP contribution in [0.3, 0.4) is 0 Å². The predicted octanol–water partition coefficient (Wildman–Crippen LogP) is 6.37. The van der Waals surface area contributed by atoms with Crippen LogP contribution >= 0.6 is 0 Å². The fourth-order valence-electron chi connectivity index (χ4n) is 3.48. The number of halogens is 6. The number of aliphatic carboxylic acids is 1. The van der Waals surface area contributed by atoms with E-state index < -0.39 is 23.9 Å². The van der Waals surface area contributed by atoms with E-state index in [0.29, 0.717) is 6.42 Å². The third kappa shape index (κ3) is 7.08. The second kappa shape index (κ2) is 10.6. The van der Waals surface area contributed by atoms with Gasteiger partial charge in [0.25, 0.3) is 0 Å². The van der Waals surface area contributed by atoms with Gasteiger partial charge in [0.15, 0.2) is 0 Å². The molecule has 0 bridgehead atoms. The van der Waals surface area contributed by atoms with Crippen molar-refractivity contribution < 1.29 is 36.2 Å². The zero-order valence-electron chi connectivity index (χ0n) is 18.0. The van der Waals surface area contributed by atoms with Crippen LogP contribution < -0.4 is 5.32 Å². The number of aliphatic imine (C=N–C) groups is 1. The zero-order valence-corrected chi connectivity index (χ0v) is 18.0. The molecule has 2 atom stereocenters. The molecule has 0 spiro atoms. The number of alkyl halides is 6. The molecule has 1 aliphatic rings. The lowest BCUT2D eigenvalue weighted by Gasteiger charge is -2.19. The van der Waals surface area contributed by atoms with Crippen molar-refractivity contribution in [3.63, 3.8) is 0 Å². The first kappa shape index (κ1) is 25.8. The van der Waals surface area contributed by atoms with Crippen molar-refractivity contribution >= 4 is 11.8 Å². The van der Waals surface area contributed by atoms with E-state index >= 15 is 0 Å². The van der Waals surface area contributed by atoms with Crippen molar-refractivity contribution in [3.05, 3.63) is 107 Å². The number of rotatable bonds is 4. The summed E-state index contributed by atoms with van der Waals surface area (Å²) in [7, 11) is 0. The van der Waals surface area contributed by atoms with Gasteiger partial charge in [-0.2, -0.15) is 26.3 Å². The third-order valence-electron chi connectivity index (χ3n) is 5.13. The summed E-state index contributed by atoms with van der Waals surface area (Å²) in [4.78, 5) is 13.8. The lowest BCUT2D eigenvalue weighted by atomic mass is 9.95. The van der Waals surface area contributed by atoms with Crippen molar-refractivity contribution in [1.82, 2.24) is 5.32 Å². The smallest absolute Gasteiger partial charge is 0.475 e. The Kier molecular flexibility index (Phi) is 7.83. The SMILES string of the molecule is FC(F)(F)c1ccc(CC2=N[C@H](c3ccccc3)[C@H](c3ccccc3)N2)cc1.O=C(O)C(F)(F)F. The predicted molar refractivity (Wildman–Crippen MR) is 118 cm³/mol. The van der Waals surface area contributed by atoms with E-state index in [1.54, 1.807) is 0 Å². The first-order chi connectivity index (χ1) is 16.4. The highest BCUT2D eigenvalue weighted by Gasteiger charge is 2.38. The summed E-state index contributed by atoms with van der Waals surface area (Å²) in [5.41, 5.74) is 2.38. The van der Waals surface area contributed by atoms with Gasteiger partial charge < -0.3 is 10.4 Å². The second-order valence-corrected chi connectivity index (χ2v) is 7.64. The average Bonchev–Trinajstić information content (AvgIpc) is 3.23. The van der Waals surface area contributed by atoms with Crippen molar-refractivity contribution in [2.45, 2.75) is 30.9 Å². The number of nitrogens with zero attached hydrogens (tertiary/aromatic N) is 1. The summed E-state index contributed by atoms with van der Waals surface area (Å²) in [6.07, 6.45) is -8.94. The largest absolute Gasteiger partial charge is 0.490 e. The molecule has 0 aliphatic carbocycles. The molecule has 10 heteroatoms. The maximum Gasteiger partial charge on any atom is 0.490 e. The molecule has 1 heterocycles. The van der Waals surface area contributed by atoms with Crippen LogP contribution in [0.15, 0.2) is 89.9 Å².